The molecule has 0 saturated heterocycles. The van der Waals surface area contributed by atoms with E-state index in [1.807, 2.05) is 13.0 Å². The van der Waals surface area contributed by atoms with E-state index in [2.05, 4.69) is 27.6 Å². The molecule has 140 valence electrons. The molecule has 0 saturated carbocycles. The number of hydrogen-bond acceptors (Lipinski definition) is 5. The zero-order valence-corrected chi connectivity index (χ0v) is 18.3. The first-order chi connectivity index (χ1) is 11.1. The van der Waals surface area contributed by atoms with Gasteiger partial charge in [-0.25, -0.2) is 0 Å². The molecule has 1 rings (SSSR count). The summed E-state index contributed by atoms with van der Waals surface area (Å²) in [4.78, 5) is 7.43. The van der Waals surface area contributed by atoms with E-state index in [9.17, 15) is 5.11 Å². The Hall–Kier alpha value is -0.130. The Labute approximate surface area is 170 Å². The van der Waals surface area contributed by atoms with E-state index in [0.29, 0.717) is 16.8 Å². The van der Waals surface area contributed by atoms with Gasteiger partial charge in [-0.2, -0.15) is 0 Å². The smallest absolute Gasteiger partial charge is 0.191 e. The summed E-state index contributed by atoms with van der Waals surface area (Å²) in [5.74, 6) is 0.703. The number of aliphatic hydroxyl groups excluding tert-OH is 1. The number of aliphatic imine (C=N–C) groups is 1. The van der Waals surface area contributed by atoms with Gasteiger partial charge >= 0.3 is 0 Å². The van der Waals surface area contributed by atoms with E-state index in [-0.39, 0.29) is 24.0 Å². The van der Waals surface area contributed by atoms with Gasteiger partial charge in [0, 0.05) is 38.2 Å². The van der Waals surface area contributed by atoms with Crippen LogP contribution in [0.5, 0.6) is 0 Å². The van der Waals surface area contributed by atoms with Gasteiger partial charge in [-0.3, -0.25) is 4.99 Å². The summed E-state index contributed by atoms with van der Waals surface area (Å²) < 4.78 is 5.73. The number of rotatable bonds is 10. The monoisotopic (exact) mass is 490 g/mol. The SMILES string of the molecule is CCNC(=NCC(O)c1ccc(Cl)s1)NCCN(C)CCOC.I. The highest BCUT2D eigenvalue weighted by atomic mass is 127. The molecule has 1 aromatic rings. The topological polar surface area (TPSA) is 69.1 Å². The van der Waals surface area contributed by atoms with Crippen molar-refractivity contribution < 1.29 is 9.84 Å². The van der Waals surface area contributed by atoms with Crippen LogP contribution >= 0.6 is 46.9 Å². The minimum absolute atomic E-state index is 0. The van der Waals surface area contributed by atoms with Crippen LogP contribution in [0.4, 0.5) is 0 Å². The molecule has 0 radical (unpaired) electrons. The van der Waals surface area contributed by atoms with Crippen LogP contribution in [0.3, 0.4) is 0 Å². The van der Waals surface area contributed by atoms with Crippen LogP contribution in [-0.4, -0.2) is 69.5 Å². The van der Waals surface area contributed by atoms with E-state index >= 15 is 0 Å². The van der Waals surface area contributed by atoms with Crippen LogP contribution < -0.4 is 10.6 Å². The Morgan fingerprint density at radius 3 is 2.75 bits per heavy atom. The van der Waals surface area contributed by atoms with Crippen molar-refractivity contribution in [3.63, 3.8) is 0 Å². The summed E-state index contributed by atoms with van der Waals surface area (Å²) in [5, 5.41) is 16.6. The Morgan fingerprint density at radius 1 is 1.42 bits per heavy atom. The van der Waals surface area contributed by atoms with Crippen molar-refractivity contribution in [1.82, 2.24) is 15.5 Å². The number of hydrogen-bond donors (Lipinski definition) is 3. The third-order valence-electron chi connectivity index (χ3n) is 3.15. The third-order valence-corrected chi connectivity index (χ3v) is 4.48. The molecule has 0 bridgehead atoms. The molecule has 1 unspecified atom stereocenters. The van der Waals surface area contributed by atoms with Crippen molar-refractivity contribution in [2.24, 2.45) is 4.99 Å². The van der Waals surface area contributed by atoms with E-state index in [1.165, 1.54) is 11.3 Å². The van der Waals surface area contributed by atoms with Crippen LogP contribution in [0.25, 0.3) is 0 Å². The predicted octanol–water partition coefficient (Wildman–Crippen LogP) is 2.19. The van der Waals surface area contributed by atoms with Gasteiger partial charge in [0.05, 0.1) is 17.5 Å². The molecule has 3 N–H and O–H groups in total. The average Bonchev–Trinajstić information content (AvgIpc) is 2.96. The van der Waals surface area contributed by atoms with E-state index in [4.69, 9.17) is 16.3 Å². The standard InChI is InChI=1S/C15H27ClN4O2S.HI/c1-4-17-15(18-7-8-20(2)9-10-22-3)19-11-12(21)13-5-6-14(16)23-13;/h5-6,12,21H,4,7-11H2,1-3H3,(H2,17,18,19);1H. The summed E-state index contributed by atoms with van der Waals surface area (Å²) in [7, 11) is 3.75. The van der Waals surface area contributed by atoms with E-state index < -0.39 is 6.10 Å². The van der Waals surface area contributed by atoms with Gasteiger partial charge in [-0.15, -0.1) is 35.3 Å². The molecule has 0 amide bonds. The minimum atomic E-state index is -0.632. The second-order valence-electron chi connectivity index (χ2n) is 5.10. The maximum atomic E-state index is 10.1. The molecule has 0 aliphatic rings. The first kappa shape index (κ1) is 23.9. The van der Waals surface area contributed by atoms with Gasteiger partial charge < -0.3 is 25.4 Å². The summed E-state index contributed by atoms with van der Waals surface area (Å²) in [6, 6.07) is 3.62. The summed E-state index contributed by atoms with van der Waals surface area (Å²) in [6.45, 7) is 6.35. The summed E-state index contributed by atoms with van der Waals surface area (Å²) >= 11 is 7.26. The van der Waals surface area contributed by atoms with Gasteiger partial charge in [0.2, 0.25) is 0 Å². The van der Waals surface area contributed by atoms with Crippen LogP contribution in [0.15, 0.2) is 17.1 Å². The van der Waals surface area contributed by atoms with Gasteiger partial charge in [-0.05, 0) is 26.1 Å². The molecule has 0 aliphatic carbocycles. The molecule has 0 spiro atoms. The van der Waals surface area contributed by atoms with E-state index in [0.717, 1.165) is 37.7 Å². The van der Waals surface area contributed by atoms with Gasteiger partial charge in [0.15, 0.2) is 5.96 Å². The number of nitrogens with one attached hydrogen (secondary N) is 2. The molecule has 0 aromatic carbocycles. The largest absolute Gasteiger partial charge is 0.386 e. The molecule has 6 nitrogen and oxygen atoms in total. The highest BCUT2D eigenvalue weighted by Gasteiger charge is 2.10. The molecule has 1 heterocycles. The maximum Gasteiger partial charge on any atom is 0.191 e. The van der Waals surface area contributed by atoms with Gasteiger partial charge in [0.1, 0.15) is 6.10 Å². The highest BCUT2D eigenvalue weighted by Crippen LogP contribution is 2.26. The fourth-order valence-corrected chi connectivity index (χ4v) is 2.88. The van der Waals surface area contributed by atoms with Gasteiger partial charge in [0.25, 0.3) is 0 Å². The van der Waals surface area contributed by atoms with Crippen molar-refractivity contribution in [1.29, 1.82) is 0 Å². The maximum absolute atomic E-state index is 10.1. The zero-order chi connectivity index (χ0) is 17.1. The van der Waals surface area contributed by atoms with Crippen molar-refractivity contribution in [3.05, 3.63) is 21.3 Å². The number of halogens is 2. The van der Waals surface area contributed by atoms with Crippen LogP contribution in [0, 0.1) is 0 Å². The fraction of sp³-hybridized carbons (Fsp3) is 0.667. The number of methoxy groups -OCH3 is 1. The molecule has 1 atom stereocenters. The molecule has 9 heteroatoms. The minimum Gasteiger partial charge on any atom is -0.386 e. The van der Waals surface area contributed by atoms with Crippen LogP contribution in [0.2, 0.25) is 4.34 Å². The second-order valence-corrected chi connectivity index (χ2v) is 6.85. The van der Waals surface area contributed by atoms with Gasteiger partial charge in [-0.1, -0.05) is 11.6 Å². The fourth-order valence-electron chi connectivity index (χ4n) is 1.84. The Kier molecular flexibility index (Phi) is 14.0. The van der Waals surface area contributed by atoms with E-state index in [1.54, 1.807) is 13.2 Å². The number of guanidine groups is 1. The normalized spacial score (nSPS) is 12.8. The highest BCUT2D eigenvalue weighted by molar-refractivity contribution is 14.0. The number of aliphatic hydroxyl groups is 1. The van der Waals surface area contributed by atoms with Crippen molar-refractivity contribution in [3.8, 4) is 0 Å². The van der Waals surface area contributed by atoms with Crippen LogP contribution in [-0.2, 0) is 4.74 Å². The molecule has 0 fully saturated rings. The first-order valence-corrected chi connectivity index (χ1v) is 8.89. The summed E-state index contributed by atoms with van der Waals surface area (Å²) in [6.07, 6.45) is -0.632. The van der Waals surface area contributed by atoms with Crippen molar-refractivity contribution >= 4 is 52.9 Å². The lowest BCUT2D eigenvalue weighted by atomic mass is 10.3. The number of ether oxygens (including phenoxy) is 1. The Balaban J connectivity index is 0.00000529. The van der Waals surface area contributed by atoms with Crippen molar-refractivity contribution in [2.45, 2.75) is 13.0 Å². The van der Waals surface area contributed by atoms with Crippen molar-refractivity contribution in [2.75, 3.05) is 53.5 Å². The molecular formula is C15H28ClIN4O2S. The summed E-state index contributed by atoms with van der Waals surface area (Å²) in [5.41, 5.74) is 0. The molecule has 1 aromatic heterocycles. The molecule has 24 heavy (non-hydrogen) atoms. The zero-order valence-electron chi connectivity index (χ0n) is 14.4. The lowest BCUT2D eigenvalue weighted by Crippen LogP contribution is -2.41. The number of likely N-dealkylation sites (N-methyl/N-ethyl adjacent to an activating group) is 1. The quantitative estimate of drug-likeness (QED) is 0.266. The molecular weight excluding hydrogens is 463 g/mol. The first-order valence-electron chi connectivity index (χ1n) is 7.69. The average molecular weight is 491 g/mol. The Bertz CT molecular complexity index is 476. The lowest BCUT2D eigenvalue weighted by Gasteiger charge is -2.18. The second kappa shape index (κ2) is 14.1. The van der Waals surface area contributed by atoms with Crippen LogP contribution in [0.1, 0.15) is 17.9 Å². The number of thiophene rings is 1. The predicted molar refractivity (Wildman–Crippen MR) is 113 cm³/mol. The third kappa shape index (κ3) is 10.00. The number of nitrogens with zero attached hydrogens (tertiary/aromatic N) is 2. The molecule has 0 aliphatic heterocycles. The Morgan fingerprint density at radius 2 is 2.17 bits per heavy atom. The lowest BCUT2D eigenvalue weighted by molar-refractivity contribution is 0.162.